The summed E-state index contributed by atoms with van der Waals surface area (Å²) in [6, 6.07) is 1.95. The lowest BCUT2D eigenvalue weighted by Crippen LogP contribution is -2.02. The second-order valence-electron chi connectivity index (χ2n) is 2.84. The van der Waals surface area contributed by atoms with Crippen molar-refractivity contribution in [2.24, 2.45) is 7.05 Å². The van der Waals surface area contributed by atoms with E-state index in [0.29, 0.717) is 18.6 Å². The van der Waals surface area contributed by atoms with Crippen molar-refractivity contribution in [1.82, 2.24) is 9.78 Å². The molecule has 1 rings (SSSR count). The van der Waals surface area contributed by atoms with E-state index in [-0.39, 0.29) is 0 Å². The van der Waals surface area contributed by atoms with E-state index in [1.54, 1.807) is 6.20 Å². The van der Waals surface area contributed by atoms with Gasteiger partial charge in [-0.15, -0.1) is 0 Å². The van der Waals surface area contributed by atoms with Crippen LogP contribution in [-0.2, 0) is 18.3 Å². The van der Waals surface area contributed by atoms with Gasteiger partial charge in [-0.05, 0) is 12.5 Å². The highest BCUT2D eigenvalue weighted by atomic mass is 16.1. The SMILES string of the molecule is CCC(=O)CCc1ccnn1C. The van der Waals surface area contributed by atoms with Crippen LogP contribution in [0, 0.1) is 0 Å². The molecule has 0 aromatic carbocycles. The molecule has 0 spiro atoms. The standard InChI is InChI=1S/C9H14N2O/c1-3-9(12)5-4-8-6-7-10-11(8)2/h6-7H,3-5H2,1-2H3. The number of aryl methyl sites for hydroxylation is 2. The topological polar surface area (TPSA) is 34.9 Å². The zero-order valence-electron chi connectivity index (χ0n) is 7.58. The summed E-state index contributed by atoms with van der Waals surface area (Å²) in [5, 5.41) is 4.03. The van der Waals surface area contributed by atoms with Crippen LogP contribution in [0.2, 0.25) is 0 Å². The smallest absolute Gasteiger partial charge is 0.133 e. The van der Waals surface area contributed by atoms with E-state index in [0.717, 1.165) is 12.1 Å². The van der Waals surface area contributed by atoms with Crippen LogP contribution in [0.15, 0.2) is 12.3 Å². The molecule has 0 N–H and O–H groups in total. The molecule has 0 saturated heterocycles. The average molecular weight is 166 g/mol. The lowest BCUT2D eigenvalue weighted by atomic mass is 10.1. The molecule has 3 nitrogen and oxygen atoms in total. The van der Waals surface area contributed by atoms with Gasteiger partial charge in [0.25, 0.3) is 0 Å². The Morgan fingerprint density at radius 3 is 2.92 bits per heavy atom. The normalized spacial score (nSPS) is 10.2. The predicted molar refractivity (Wildman–Crippen MR) is 46.8 cm³/mol. The Morgan fingerprint density at radius 2 is 2.42 bits per heavy atom. The molecule has 0 bridgehead atoms. The maximum atomic E-state index is 11.0. The monoisotopic (exact) mass is 166 g/mol. The minimum Gasteiger partial charge on any atom is -0.300 e. The zero-order valence-corrected chi connectivity index (χ0v) is 7.58. The number of aromatic nitrogens is 2. The van der Waals surface area contributed by atoms with Gasteiger partial charge in [0.15, 0.2) is 0 Å². The second kappa shape index (κ2) is 4.04. The van der Waals surface area contributed by atoms with Gasteiger partial charge >= 0.3 is 0 Å². The van der Waals surface area contributed by atoms with Gasteiger partial charge in [0, 0.05) is 31.8 Å². The Hall–Kier alpha value is -1.12. The first-order chi connectivity index (χ1) is 5.74. The van der Waals surface area contributed by atoms with E-state index in [2.05, 4.69) is 5.10 Å². The summed E-state index contributed by atoms with van der Waals surface area (Å²) in [7, 11) is 1.89. The van der Waals surface area contributed by atoms with Gasteiger partial charge in [-0.3, -0.25) is 9.48 Å². The summed E-state index contributed by atoms with van der Waals surface area (Å²) in [4.78, 5) is 11.0. The van der Waals surface area contributed by atoms with E-state index < -0.39 is 0 Å². The van der Waals surface area contributed by atoms with Crippen LogP contribution < -0.4 is 0 Å². The van der Waals surface area contributed by atoms with Crippen LogP contribution in [0.4, 0.5) is 0 Å². The highest BCUT2D eigenvalue weighted by molar-refractivity contribution is 5.78. The minimum absolute atomic E-state index is 0.316. The molecular weight excluding hydrogens is 152 g/mol. The molecule has 1 aromatic rings. The van der Waals surface area contributed by atoms with Crippen LogP contribution in [-0.4, -0.2) is 15.6 Å². The molecule has 0 unspecified atom stereocenters. The molecule has 12 heavy (non-hydrogen) atoms. The van der Waals surface area contributed by atoms with Crippen molar-refractivity contribution < 1.29 is 4.79 Å². The van der Waals surface area contributed by atoms with E-state index in [1.807, 2.05) is 24.7 Å². The van der Waals surface area contributed by atoms with E-state index in [1.165, 1.54) is 0 Å². The van der Waals surface area contributed by atoms with Crippen molar-refractivity contribution in [3.8, 4) is 0 Å². The Labute approximate surface area is 72.4 Å². The van der Waals surface area contributed by atoms with Gasteiger partial charge in [0.2, 0.25) is 0 Å². The Balaban J connectivity index is 2.43. The van der Waals surface area contributed by atoms with Crippen molar-refractivity contribution >= 4 is 5.78 Å². The summed E-state index contributed by atoms with van der Waals surface area (Å²) in [5.41, 5.74) is 1.12. The molecule has 0 aliphatic rings. The van der Waals surface area contributed by atoms with Crippen molar-refractivity contribution in [2.45, 2.75) is 26.2 Å². The minimum atomic E-state index is 0.316. The zero-order chi connectivity index (χ0) is 8.97. The highest BCUT2D eigenvalue weighted by Gasteiger charge is 2.01. The fraction of sp³-hybridized carbons (Fsp3) is 0.556. The van der Waals surface area contributed by atoms with Gasteiger partial charge in [0.1, 0.15) is 5.78 Å². The van der Waals surface area contributed by atoms with Crippen molar-refractivity contribution in [3.05, 3.63) is 18.0 Å². The van der Waals surface area contributed by atoms with Crippen LogP contribution in [0.25, 0.3) is 0 Å². The largest absolute Gasteiger partial charge is 0.300 e. The molecule has 0 aliphatic heterocycles. The van der Waals surface area contributed by atoms with Crippen molar-refractivity contribution in [3.63, 3.8) is 0 Å². The van der Waals surface area contributed by atoms with E-state index in [9.17, 15) is 4.79 Å². The molecule has 1 heterocycles. The molecule has 1 aromatic heterocycles. The van der Waals surface area contributed by atoms with E-state index >= 15 is 0 Å². The average Bonchev–Trinajstić information content (AvgIpc) is 2.47. The quantitative estimate of drug-likeness (QED) is 0.676. The maximum Gasteiger partial charge on any atom is 0.133 e. The number of hydrogen-bond acceptors (Lipinski definition) is 2. The Morgan fingerprint density at radius 1 is 1.67 bits per heavy atom. The molecule has 0 aliphatic carbocycles. The van der Waals surface area contributed by atoms with Crippen LogP contribution in [0.1, 0.15) is 25.5 Å². The molecular formula is C9H14N2O. The van der Waals surface area contributed by atoms with Gasteiger partial charge in [0.05, 0.1) is 0 Å². The first-order valence-electron chi connectivity index (χ1n) is 4.22. The van der Waals surface area contributed by atoms with Crippen LogP contribution in [0.5, 0.6) is 0 Å². The lowest BCUT2D eigenvalue weighted by molar-refractivity contribution is -0.118. The first-order valence-corrected chi connectivity index (χ1v) is 4.22. The highest BCUT2D eigenvalue weighted by Crippen LogP contribution is 2.02. The molecule has 0 atom stereocenters. The summed E-state index contributed by atoms with van der Waals surface area (Å²) in [6.07, 6.45) is 3.84. The Kier molecular flexibility index (Phi) is 3.02. The Bertz CT molecular complexity index is 265. The van der Waals surface area contributed by atoms with Crippen LogP contribution in [0.3, 0.4) is 0 Å². The van der Waals surface area contributed by atoms with Gasteiger partial charge in [-0.25, -0.2) is 0 Å². The molecule has 3 heteroatoms. The summed E-state index contributed by atoms with van der Waals surface area (Å²) < 4.78 is 1.81. The van der Waals surface area contributed by atoms with Crippen LogP contribution >= 0.6 is 0 Å². The third-order valence-corrected chi connectivity index (χ3v) is 1.98. The number of nitrogens with zero attached hydrogens (tertiary/aromatic N) is 2. The number of carbonyl (C=O) groups is 1. The molecule has 66 valence electrons. The second-order valence-corrected chi connectivity index (χ2v) is 2.84. The summed E-state index contributed by atoms with van der Waals surface area (Å²) in [5.74, 6) is 0.316. The number of Topliss-reactive ketones (excluding diaryl/α,β-unsaturated/α-hetero) is 1. The maximum absolute atomic E-state index is 11.0. The summed E-state index contributed by atoms with van der Waals surface area (Å²) >= 11 is 0. The van der Waals surface area contributed by atoms with Gasteiger partial charge in [-0.1, -0.05) is 6.92 Å². The number of carbonyl (C=O) groups excluding carboxylic acids is 1. The number of ketones is 1. The van der Waals surface area contributed by atoms with Crippen molar-refractivity contribution in [1.29, 1.82) is 0 Å². The third-order valence-electron chi connectivity index (χ3n) is 1.98. The fourth-order valence-corrected chi connectivity index (χ4v) is 1.09. The fourth-order valence-electron chi connectivity index (χ4n) is 1.09. The lowest BCUT2D eigenvalue weighted by Gasteiger charge is -1.99. The molecule has 0 amide bonds. The first kappa shape index (κ1) is 8.97. The molecule has 0 radical (unpaired) electrons. The predicted octanol–water partition coefficient (Wildman–Crippen LogP) is 1.33. The van der Waals surface area contributed by atoms with Gasteiger partial charge in [-0.2, -0.15) is 5.10 Å². The molecule has 0 fully saturated rings. The number of rotatable bonds is 4. The van der Waals surface area contributed by atoms with E-state index in [4.69, 9.17) is 0 Å². The van der Waals surface area contributed by atoms with Crippen molar-refractivity contribution in [2.75, 3.05) is 0 Å². The summed E-state index contributed by atoms with van der Waals surface area (Å²) in [6.45, 7) is 1.89. The third kappa shape index (κ3) is 2.19. The van der Waals surface area contributed by atoms with Gasteiger partial charge < -0.3 is 0 Å². The number of hydrogen-bond donors (Lipinski definition) is 0. The molecule has 0 saturated carbocycles.